The van der Waals surface area contributed by atoms with Gasteiger partial charge in [0.1, 0.15) is 6.33 Å². The van der Waals surface area contributed by atoms with Crippen molar-refractivity contribution in [1.29, 1.82) is 0 Å². The van der Waals surface area contributed by atoms with Crippen molar-refractivity contribution in [3.05, 3.63) is 53.6 Å². The first-order valence-electron chi connectivity index (χ1n) is 6.18. The van der Waals surface area contributed by atoms with Crippen LogP contribution in [0.2, 0.25) is 0 Å². The van der Waals surface area contributed by atoms with E-state index in [1.165, 1.54) is 10.8 Å². The van der Waals surface area contributed by atoms with E-state index in [2.05, 4.69) is 20.4 Å². The molecule has 0 saturated carbocycles. The van der Waals surface area contributed by atoms with Gasteiger partial charge in [0.05, 0.1) is 11.3 Å². The van der Waals surface area contributed by atoms with Crippen LogP contribution in [0, 0.1) is 13.8 Å². The number of aryl methyl sites for hydroxylation is 2. The first-order chi connectivity index (χ1) is 9.63. The Balaban J connectivity index is 1.91. The third kappa shape index (κ3) is 2.23. The monoisotopic (exact) mass is 267 g/mol. The van der Waals surface area contributed by atoms with Crippen molar-refractivity contribution in [3.8, 4) is 0 Å². The summed E-state index contributed by atoms with van der Waals surface area (Å²) in [5, 5.41) is 6.83. The van der Waals surface area contributed by atoms with E-state index < -0.39 is 0 Å². The molecule has 0 bridgehead atoms. The van der Waals surface area contributed by atoms with Gasteiger partial charge in [0.2, 0.25) is 0 Å². The summed E-state index contributed by atoms with van der Waals surface area (Å²) >= 11 is 0. The zero-order chi connectivity index (χ0) is 14.1. The quantitative estimate of drug-likeness (QED) is 0.770. The molecule has 1 aromatic carbocycles. The molecule has 0 unspecified atom stereocenters. The van der Waals surface area contributed by atoms with Crippen molar-refractivity contribution >= 4 is 17.4 Å². The summed E-state index contributed by atoms with van der Waals surface area (Å²) in [7, 11) is 0. The summed E-state index contributed by atoms with van der Waals surface area (Å²) in [4.78, 5) is 20.5. The van der Waals surface area contributed by atoms with Gasteiger partial charge in [-0.3, -0.25) is 4.79 Å². The molecule has 1 amide bonds. The highest BCUT2D eigenvalue weighted by molar-refractivity contribution is 6.04. The molecule has 2 heterocycles. The van der Waals surface area contributed by atoms with Gasteiger partial charge < -0.3 is 5.32 Å². The number of anilines is 1. The Bertz CT molecular complexity index is 776. The number of carbonyl (C=O) groups excluding carboxylic acids is 1. The standard InChI is InChI=1S/C14H13N5O/c1-9-3-5-11(6-4-9)18-13(20)12-7-19-14(15-8-16-19)17-10(12)2/h3-8H,1-2H3,(H,18,20). The SMILES string of the molecule is Cc1ccc(NC(=O)c2cn3ncnc3nc2C)cc1. The number of nitrogens with one attached hydrogen (secondary N) is 1. The highest BCUT2D eigenvalue weighted by atomic mass is 16.1. The minimum Gasteiger partial charge on any atom is -0.322 e. The molecule has 0 spiro atoms. The van der Waals surface area contributed by atoms with Gasteiger partial charge in [0, 0.05) is 11.9 Å². The van der Waals surface area contributed by atoms with Crippen LogP contribution < -0.4 is 5.32 Å². The minimum absolute atomic E-state index is 0.212. The zero-order valence-corrected chi connectivity index (χ0v) is 11.2. The van der Waals surface area contributed by atoms with Crippen LogP contribution in [0.1, 0.15) is 21.6 Å². The van der Waals surface area contributed by atoms with Gasteiger partial charge >= 0.3 is 0 Å². The molecule has 0 aliphatic heterocycles. The number of aromatic nitrogens is 4. The van der Waals surface area contributed by atoms with Gasteiger partial charge in [-0.15, -0.1) is 0 Å². The van der Waals surface area contributed by atoms with Crippen LogP contribution in [-0.4, -0.2) is 25.5 Å². The minimum atomic E-state index is -0.212. The molecule has 1 N–H and O–H groups in total. The fourth-order valence-electron chi connectivity index (χ4n) is 1.90. The fraction of sp³-hybridized carbons (Fsp3) is 0.143. The summed E-state index contributed by atoms with van der Waals surface area (Å²) in [5.41, 5.74) is 2.99. The average Bonchev–Trinajstić information content (AvgIpc) is 2.87. The summed E-state index contributed by atoms with van der Waals surface area (Å²) in [6, 6.07) is 7.62. The van der Waals surface area contributed by atoms with E-state index in [4.69, 9.17) is 0 Å². The van der Waals surface area contributed by atoms with Crippen LogP contribution in [-0.2, 0) is 0 Å². The smallest absolute Gasteiger partial charge is 0.259 e. The van der Waals surface area contributed by atoms with Crippen molar-refractivity contribution in [2.24, 2.45) is 0 Å². The Morgan fingerprint density at radius 2 is 1.95 bits per heavy atom. The lowest BCUT2D eigenvalue weighted by Gasteiger charge is -2.07. The maximum atomic E-state index is 12.3. The van der Waals surface area contributed by atoms with Gasteiger partial charge in [-0.05, 0) is 26.0 Å². The maximum absolute atomic E-state index is 12.3. The third-order valence-corrected chi connectivity index (χ3v) is 3.02. The van der Waals surface area contributed by atoms with Gasteiger partial charge in [-0.2, -0.15) is 10.1 Å². The normalized spacial score (nSPS) is 10.7. The van der Waals surface area contributed by atoms with Gasteiger partial charge in [-0.25, -0.2) is 9.50 Å². The number of nitrogens with zero attached hydrogens (tertiary/aromatic N) is 4. The summed E-state index contributed by atoms with van der Waals surface area (Å²) in [6.07, 6.45) is 3.04. The Kier molecular flexibility index (Phi) is 2.90. The lowest BCUT2D eigenvalue weighted by atomic mass is 10.2. The second kappa shape index (κ2) is 4.73. The molecule has 0 atom stereocenters. The molecular weight excluding hydrogens is 254 g/mol. The third-order valence-electron chi connectivity index (χ3n) is 3.02. The maximum Gasteiger partial charge on any atom is 0.259 e. The number of benzene rings is 1. The van der Waals surface area contributed by atoms with Crippen LogP contribution in [0.15, 0.2) is 36.8 Å². The highest BCUT2D eigenvalue weighted by Gasteiger charge is 2.13. The lowest BCUT2D eigenvalue weighted by Crippen LogP contribution is -2.15. The van der Waals surface area contributed by atoms with E-state index >= 15 is 0 Å². The Labute approximate surface area is 115 Å². The van der Waals surface area contributed by atoms with Crippen LogP contribution in [0.25, 0.3) is 5.78 Å². The average molecular weight is 267 g/mol. The molecule has 3 aromatic rings. The van der Waals surface area contributed by atoms with Crippen molar-refractivity contribution in [1.82, 2.24) is 19.6 Å². The molecule has 2 aromatic heterocycles. The molecule has 0 saturated heterocycles. The molecule has 3 rings (SSSR count). The largest absolute Gasteiger partial charge is 0.322 e. The molecular formula is C14H13N5O. The van der Waals surface area contributed by atoms with E-state index in [1.54, 1.807) is 13.1 Å². The van der Waals surface area contributed by atoms with E-state index in [0.29, 0.717) is 17.0 Å². The summed E-state index contributed by atoms with van der Waals surface area (Å²) in [5.74, 6) is 0.269. The number of rotatable bonds is 2. The molecule has 0 aliphatic rings. The van der Waals surface area contributed by atoms with E-state index in [9.17, 15) is 4.79 Å². The van der Waals surface area contributed by atoms with Crippen molar-refractivity contribution < 1.29 is 4.79 Å². The van der Waals surface area contributed by atoms with Gasteiger partial charge in [0.25, 0.3) is 11.7 Å². The zero-order valence-electron chi connectivity index (χ0n) is 11.2. The molecule has 0 fully saturated rings. The Morgan fingerprint density at radius 1 is 1.20 bits per heavy atom. The predicted molar refractivity (Wildman–Crippen MR) is 74.7 cm³/mol. The van der Waals surface area contributed by atoms with E-state index in [0.717, 1.165) is 11.3 Å². The number of amides is 1. The molecule has 100 valence electrons. The first kappa shape index (κ1) is 12.3. The molecule has 0 radical (unpaired) electrons. The summed E-state index contributed by atoms with van der Waals surface area (Å²) < 4.78 is 1.48. The van der Waals surface area contributed by atoms with E-state index in [1.807, 2.05) is 31.2 Å². The Hall–Kier alpha value is -2.76. The second-order valence-electron chi connectivity index (χ2n) is 4.56. The number of hydrogen-bond donors (Lipinski definition) is 1. The molecule has 6 heteroatoms. The molecule has 0 aliphatic carbocycles. The van der Waals surface area contributed by atoms with E-state index in [-0.39, 0.29) is 5.91 Å². The summed E-state index contributed by atoms with van der Waals surface area (Å²) in [6.45, 7) is 3.77. The number of hydrogen-bond acceptors (Lipinski definition) is 4. The number of carbonyl (C=O) groups is 1. The van der Waals surface area contributed by atoms with Crippen LogP contribution in [0.5, 0.6) is 0 Å². The first-order valence-corrected chi connectivity index (χ1v) is 6.18. The second-order valence-corrected chi connectivity index (χ2v) is 4.56. The highest BCUT2D eigenvalue weighted by Crippen LogP contribution is 2.12. The lowest BCUT2D eigenvalue weighted by molar-refractivity contribution is 0.102. The molecule has 6 nitrogen and oxygen atoms in total. The van der Waals surface area contributed by atoms with Crippen LogP contribution in [0.4, 0.5) is 5.69 Å². The topological polar surface area (TPSA) is 72.2 Å². The van der Waals surface area contributed by atoms with Gasteiger partial charge in [-0.1, -0.05) is 17.7 Å². The number of fused-ring (bicyclic) bond motifs is 1. The molecule has 20 heavy (non-hydrogen) atoms. The van der Waals surface area contributed by atoms with Crippen molar-refractivity contribution in [3.63, 3.8) is 0 Å². The van der Waals surface area contributed by atoms with Crippen LogP contribution in [0.3, 0.4) is 0 Å². The Morgan fingerprint density at radius 3 is 2.70 bits per heavy atom. The van der Waals surface area contributed by atoms with Crippen molar-refractivity contribution in [2.75, 3.05) is 5.32 Å². The predicted octanol–water partition coefficient (Wildman–Crippen LogP) is 1.99. The fourth-order valence-corrected chi connectivity index (χ4v) is 1.90. The van der Waals surface area contributed by atoms with Crippen LogP contribution >= 0.6 is 0 Å². The van der Waals surface area contributed by atoms with Crippen molar-refractivity contribution in [2.45, 2.75) is 13.8 Å². The van der Waals surface area contributed by atoms with Gasteiger partial charge in [0.15, 0.2) is 0 Å².